The average Bonchev–Trinajstić information content (AvgIpc) is 3.29. The van der Waals surface area contributed by atoms with Crippen LogP contribution in [0.5, 0.6) is 5.75 Å². The van der Waals surface area contributed by atoms with Gasteiger partial charge in [0.25, 0.3) is 0 Å². The minimum atomic E-state index is -4.02. The van der Waals surface area contributed by atoms with Gasteiger partial charge in [-0.3, -0.25) is 14.5 Å². The van der Waals surface area contributed by atoms with E-state index in [0.717, 1.165) is 4.88 Å². The quantitative estimate of drug-likeness (QED) is 0.506. The van der Waals surface area contributed by atoms with Gasteiger partial charge in [0.2, 0.25) is 15.9 Å². The van der Waals surface area contributed by atoms with Gasteiger partial charge in [0.15, 0.2) is 10.6 Å². The van der Waals surface area contributed by atoms with Gasteiger partial charge in [-0.05, 0) is 48.8 Å². The van der Waals surface area contributed by atoms with Crippen molar-refractivity contribution in [3.63, 3.8) is 0 Å². The van der Waals surface area contributed by atoms with Gasteiger partial charge in [-0.1, -0.05) is 6.07 Å². The molecule has 0 spiro atoms. The number of hydrogen-bond acceptors (Lipinski definition) is 7. The molecule has 3 rings (SSSR count). The highest BCUT2D eigenvalue weighted by Crippen LogP contribution is 2.28. The van der Waals surface area contributed by atoms with Crippen LogP contribution in [0.3, 0.4) is 0 Å². The number of sulfonamides is 1. The second kappa shape index (κ2) is 7.83. The molecule has 28 heavy (non-hydrogen) atoms. The van der Waals surface area contributed by atoms with Crippen molar-refractivity contribution in [3.05, 3.63) is 40.5 Å². The Balaban J connectivity index is 1.91. The van der Waals surface area contributed by atoms with Crippen LogP contribution in [-0.2, 0) is 14.8 Å². The summed E-state index contributed by atoms with van der Waals surface area (Å²) in [4.78, 5) is 13.4. The monoisotopic (exact) mass is 439 g/mol. The van der Waals surface area contributed by atoms with Crippen molar-refractivity contribution < 1.29 is 17.9 Å². The first-order valence-electron chi connectivity index (χ1n) is 7.95. The van der Waals surface area contributed by atoms with Gasteiger partial charge in [0.1, 0.15) is 16.7 Å². The number of aromatic amines is 1. The van der Waals surface area contributed by atoms with Gasteiger partial charge in [-0.2, -0.15) is 5.10 Å². The van der Waals surface area contributed by atoms with E-state index in [0.29, 0.717) is 10.6 Å². The van der Waals surface area contributed by atoms with Crippen LogP contribution in [0, 0.1) is 4.77 Å². The molecule has 0 radical (unpaired) electrons. The largest absolute Gasteiger partial charge is 0.495 e. The summed E-state index contributed by atoms with van der Waals surface area (Å²) >= 11 is 6.74. The molecule has 1 aromatic carbocycles. The Morgan fingerprint density at radius 1 is 1.43 bits per heavy atom. The molecular formula is C16H17N5O4S3. The SMILES string of the molecule is COc1ccc(NC(=O)C(C)n2c(-c3cccs3)n[nH]c2=S)cc1S(N)(=O)=O. The molecule has 0 fully saturated rings. The highest BCUT2D eigenvalue weighted by atomic mass is 32.2. The Bertz CT molecular complexity index is 1170. The van der Waals surface area contributed by atoms with E-state index in [1.165, 1.54) is 36.6 Å². The summed E-state index contributed by atoms with van der Waals surface area (Å²) in [5, 5.41) is 16.7. The van der Waals surface area contributed by atoms with Crippen LogP contribution < -0.4 is 15.2 Å². The summed E-state index contributed by atoms with van der Waals surface area (Å²) in [6.07, 6.45) is 0. The predicted molar refractivity (Wildman–Crippen MR) is 108 cm³/mol. The summed E-state index contributed by atoms with van der Waals surface area (Å²) in [5.74, 6) is 0.231. The summed E-state index contributed by atoms with van der Waals surface area (Å²) in [5.41, 5.74) is 0.259. The van der Waals surface area contributed by atoms with Gasteiger partial charge in [-0.25, -0.2) is 13.6 Å². The Morgan fingerprint density at radius 2 is 2.18 bits per heavy atom. The summed E-state index contributed by atoms with van der Waals surface area (Å²) in [7, 11) is -2.69. The second-order valence-electron chi connectivity index (χ2n) is 5.78. The number of thiophene rings is 1. The number of rotatable bonds is 6. The van der Waals surface area contributed by atoms with Gasteiger partial charge in [0, 0.05) is 5.69 Å². The molecule has 4 N–H and O–H groups in total. The van der Waals surface area contributed by atoms with Crippen molar-refractivity contribution in [2.75, 3.05) is 12.4 Å². The lowest BCUT2D eigenvalue weighted by Crippen LogP contribution is -2.24. The van der Waals surface area contributed by atoms with Crippen LogP contribution in [0.15, 0.2) is 40.6 Å². The zero-order chi connectivity index (χ0) is 20.5. The normalized spacial score (nSPS) is 12.5. The molecule has 2 aromatic heterocycles. The number of primary sulfonamides is 1. The van der Waals surface area contributed by atoms with Gasteiger partial charge in [0.05, 0.1) is 12.0 Å². The lowest BCUT2D eigenvalue weighted by Gasteiger charge is -2.16. The van der Waals surface area contributed by atoms with Crippen molar-refractivity contribution in [2.45, 2.75) is 17.9 Å². The second-order valence-corrected chi connectivity index (χ2v) is 8.64. The molecule has 0 aliphatic carbocycles. The van der Waals surface area contributed by atoms with E-state index in [9.17, 15) is 13.2 Å². The van der Waals surface area contributed by atoms with E-state index in [1.54, 1.807) is 11.5 Å². The number of nitrogens with zero attached hydrogens (tertiary/aromatic N) is 2. The van der Waals surface area contributed by atoms with Crippen LogP contribution in [0.2, 0.25) is 0 Å². The van der Waals surface area contributed by atoms with Crippen LogP contribution >= 0.6 is 23.6 Å². The molecule has 1 unspecified atom stereocenters. The fraction of sp³-hybridized carbons (Fsp3) is 0.188. The maximum atomic E-state index is 12.8. The predicted octanol–water partition coefficient (Wildman–Crippen LogP) is 2.52. The van der Waals surface area contributed by atoms with E-state index in [4.69, 9.17) is 22.1 Å². The Labute approximate surface area is 170 Å². The number of methoxy groups -OCH3 is 1. The minimum Gasteiger partial charge on any atom is -0.495 e. The molecule has 9 nitrogen and oxygen atoms in total. The lowest BCUT2D eigenvalue weighted by molar-refractivity contribution is -0.118. The Hall–Kier alpha value is -2.54. The fourth-order valence-electron chi connectivity index (χ4n) is 2.58. The maximum Gasteiger partial charge on any atom is 0.247 e. The Kier molecular flexibility index (Phi) is 5.65. The first kappa shape index (κ1) is 20.2. The summed E-state index contributed by atoms with van der Waals surface area (Å²) < 4.78 is 30.4. The molecule has 2 heterocycles. The number of carbonyl (C=O) groups excluding carboxylic acids is 1. The van der Waals surface area contributed by atoms with E-state index in [1.807, 2.05) is 17.5 Å². The van der Waals surface area contributed by atoms with Gasteiger partial charge < -0.3 is 10.1 Å². The van der Waals surface area contributed by atoms with Crippen molar-refractivity contribution in [2.24, 2.45) is 5.14 Å². The third kappa shape index (κ3) is 3.99. The molecule has 3 aromatic rings. The lowest BCUT2D eigenvalue weighted by atomic mass is 10.2. The molecule has 0 bridgehead atoms. The molecule has 1 atom stereocenters. The van der Waals surface area contributed by atoms with E-state index in [-0.39, 0.29) is 16.3 Å². The fourth-order valence-corrected chi connectivity index (χ4v) is 4.31. The van der Waals surface area contributed by atoms with Gasteiger partial charge >= 0.3 is 0 Å². The number of ether oxygens (including phenoxy) is 1. The molecule has 1 amide bonds. The van der Waals surface area contributed by atoms with Crippen LogP contribution in [-0.4, -0.2) is 36.2 Å². The summed E-state index contributed by atoms with van der Waals surface area (Å²) in [6.45, 7) is 1.67. The third-order valence-electron chi connectivity index (χ3n) is 3.95. The van der Waals surface area contributed by atoms with Crippen molar-refractivity contribution in [1.29, 1.82) is 0 Å². The van der Waals surface area contributed by atoms with Crippen LogP contribution in [0.4, 0.5) is 5.69 Å². The number of benzene rings is 1. The van der Waals surface area contributed by atoms with Gasteiger partial charge in [-0.15, -0.1) is 11.3 Å². The first-order chi connectivity index (χ1) is 13.2. The molecular weight excluding hydrogens is 422 g/mol. The van der Waals surface area contributed by atoms with E-state index < -0.39 is 22.0 Å². The summed E-state index contributed by atoms with van der Waals surface area (Å²) in [6, 6.07) is 7.22. The zero-order valence-electron chi connectivity index (χ0n) is 14.9. The number of nitrogens with one attached hydrogen (secondary N) is 2. The topological polar surface area (TPSA) is 132 Å². The van der Waals surface area contributed by atoms with Crippen molar-refractivity contribution in [3.8, 4) is 16.5 Å². The zero-order valence-corrected chi connectivity index (χ0v) is 17.3. The number of nitrogens with two attached hydrogens (primary N) is 1. The number of anilines is 1. The highest BCUT2D eigenvalue weighted by molar-refractivity contribution is 7.89. The minimum absolute atomic E-state index is 0.0885. The standard InChI is InChI=1S/C16H17N5O4S3/c1-9(21-14(19-20-16(21)26)12-4-3-7-27-12)15(22)18-10-5-6-11(25-2)13(8-10)28(17,23)24/h3-9H,1-2H3,(H,18,22)(H,20,26)(H2,17,23,24). The smallest absolute Gasteiger partial charge is 0.247 e. The average molecular weight is 440 g/mol. The molecule has 0 saturated carbocycles. The van der Waals surface area contributed by atoms with Crippen LogP contribution in [0.1, 0.15) is 13.0 Å². The Morgan fingerprint density at radius 3 is 2.79 bits per heavy atom. The number of amides is 1. The molecule has 148 valence electrons. The van der Waals surface area contributed by atoms with Crippen molar-refractivity contribution in [1.82, 2.24) is 14.8 Å². The van der Waals surface area contributed by atoms with Crippen LogP contribution in [0.25, 0.3) is 10.7 Å². The number of aromatic nitrogens is 3. The first-order valence-corrected chi connectivity index (χ1v) is 10.8. The van der Waals surface area contributed by atoms with E-state index in [2.05, 4.69) is 15.5 Å². The highest BCUT2D eigenvalue weighted by Gasteiger charge is 2.22. The number of H-pyrrole nitrogens is 1. The maximum absolute atomic E-state index is 12.8. The molecule has 0 aliphatic heterocycles. The van der Waals surface area contributed by atoms with E-state index >= 15 is 0 Å². The third-order valence-corrected chi connectivity index (χ3v) is 6.04. The molecule has 0 saturated heterocycles. The molecule has 12 heteroatoms. The molecule has 0 aliphatic rings. The number of hydrogen-bond donors (Lipinski definition) is 3. The number of carbonyl (C=O) groups is 1. The van der Waals surface area contributed by atoms with Crippen molar-refractivity contribution >= 4 is 45.2 Å².